The number of rotatable bonds is 7. The first kappa shape index (κ1) is 18.2. The van der Waals surface area contributed by atoms with Crippen LogP contribution in [-0.2, 0) is 6.54 Å². The van der Waals surface area contributed by atoms with Crippen LogP contribution in [0.3, 0.4) is 0 Å². The van der Waals surface area contributed by atoms with E-state index in [0.717, 1.165) is 28.8 Å². The van der Waals surface area contributed by atoms with Crippen LogP contribution in [-0.4, -0.2) is 22.0 Å². The zero-order chi connectivity index (χ0) is 19.3. The van der Waals surface area contributed by atoms with E-state index in [2.05, 4.69) is 70.0 Å². The number of fused-ring (bicyclic) bond motifs is 1. The van der Waals surface area contributed by atoms with E-state index in [4.69, 9.17) is 4.98 Å². The monoisotopic (exact) mass is 371 g/mol. The van der Waals surface area contributed by atoms with E-state index in [1.54, 1.807) is 6.20 Å². The molecule has 0 saturated heterocycles. The molecular weight excluding hydrogens is 346 g/mol. The van der Waals surface area contributed by atoms with Gasteiger partial charge in [0.25, 0.3) is 0 Å². The molecule has 0 aliphatic carbocycles. The molecule has 0 aliphatic heterocycles. The zero-order valence-electron chi connectivity index (χ0n) is 16.2. The maximum Gasteiger partial charge on any atom is 0.140 e. The summed E-state index contributed by atoms with van der Waals surface area (Å²) < 4.78 is 0. The smallest absolute Gasteiger partial charge is 0.140 e. The first-order chi connectivity index (χ1) is 13.8. The summed E-state index contributed by atoms with van der Waals surface area (Å²) in [5.41, 5.74) is 5.68. The second-order valence-corrected chi connectivity index (χ2v) is 6.88. The standard InChI is InChI=1S/C23H25N5/c1-3-21(24-2)18-8-6-17(7-9-18)20-13-22(28-23-19(20)10-12-26-23)27-15-16-5-4-11-25-14-16/h4-14,21,24H,3,15H2,1-2H3,(H2,26,27,28)/t21-/m0/s1. The van der Waals surface area contributed by atoms with Crippen LogP contribution in [0.4, 0.5) is 5.82 Å². The molecule has 3 aromatic heterocycles. The molecule has 1 aromatic carbocycles. The number of anilines is 1. The Balaban J connectivity index is 1.65. The number of aromatic amines is 1. The summed E-state index contributed by atoms with van der Waals surface area (Å²) >= 11 is 0. The Bertz CT molecular complexity index is 1030. The molecule has 0 radical (unpaired) electrons. The quantitative estimate of drug-likeness (QED) is 0.432. The Morgan fingerprint density at radius 3 is 2.68 bits per heavy atom. The largest absolute Gasteiger partial charge is 0.366 e. The van der Waals surface area contributed by atoms with E-state index in [1.807, 2.05) is 25.5 Å². The van der Waals surface area contributed by atoms with Crippen LogP contribution in [0.15, 0.2) is 67.1 Å². The van der Waals surface area contributed by atoms with Crippen LogP contribution in [0.2, 0.25) is 0 Å². The lowest BCUT2D eigenvalue weighted by atomic mass is 9.98. The molecular formula is C23H25N5. The normalized spacial score (nSPS) is 12.2. The highest BCUT2D eigenvalue weighted by molar-refractivity contribution is 5.94. The first-order valence-electron chi connectivity index (χ1n) is 9.67. The van der Waals surface area contributed by atoms with Crippen molar-refractivity contribution in [1.82, 2.24) is 20.3 Å². The molecule has 142 valence electrons. The Morgan fingerprint density at radius 2 is 1.96 bits per heavy atom. The van der Waals surface area contributed by atoms with Crippen molar-refractivity contribution < 1.29 is 0 Å². The summed E-state index contributed by atoms with van der Waals surface area (Å²) in [7, 11) is 2.01. The average molecular weight is 371 g/mol. The number of aromatic nitrogens is 3. The van der Waals surface area contributed by atoms with Gasteiger partial charge in [0.15, 0.2) is 0 Å². The molecule has 4 rings (SSSR count). The zero-order valence-corrected chi connectivity index (χ0v) is 16.2. The Hall–Kier alpha value is -3.18. The minimum Gasteiger partial charge on any atom is -0.366 e. The van der Waals surface area contributed by atoms with Crippen molar-refractivity contribution in [3.8, 4) is 11.1 Å². The SMILES string of the molecule is CC[C@H](NC)c1ccc(-c2cc(NCc3cccnc3)nc3[nH]ccc23)cc1. The van der Waals surface area contributed by atoms with Gasteiger partial charge in [0, 0.05) is 36.6 Å². The van der Waals surface area contributed by atoms with Gasteiger partial charge >= 0.3 is 0 Å². The molecule has 0 fully saturated rings. The number of H-pyrrole nitrogens is 1. The molecule has 0 saturated carbocycles. The number of hydrogen-bond acceptors (Lipinski definition) is 4. The molecule has 0 amide bonds. The Kier molecular flexibility index (Phi) is 5.35. The van der Waals surface area contributed by atoms with Crippen LogP contribution >= 0.6 is 0 Å². The van der Waals surface area contributed by atoms with Gasteiger partial charge in [-0.1, -0.05) is 37.3 Å². The van der Waals surface area contributed by atoms with Crippen molar-refractivity contribution in [2.75, 3.05) is 12.4 Å². The van der Waals surface area contributed by atoms with Gasteiger partial charge in [0.2, 0.25) is 0 Å². The fraction of sp³-hybridized carbons (Fsp3) is 0.217. The van der Waals surface area contributed by atoms with Gasteiger partial charge in [0.1, 0.15) is 11.5 Å². The molecule has 0 unspecified atom stereocenters. The van der Waals surface area contributed by atoms with Gasteiger partial charge in [-0.15, -0.1) is 0 Å². The topological polar surface area (TPSA) is 65.6 Å². The minimum absolute atomic E-state index is 0.385. The van der Waals surface area contributed by atoms with Crippen molar-refractivity contribution >= 4 is 16.9 Å². The number of hydrogen-bond donors (Lipinski definition) is 3. The van der Waals surface area contributed by atoms with Crippen molar-refractivity contribution in [3.05, 3.63) is 78.2 Å². The van der Waals surface area contributed by atoms with E-state index >= 15 is 0 Å². The molecule has 3 heterocycles. The fourth-order valence-electron chi connectivity index (χ4n) is 3.56. The summed E-state index contributed by atoms with van der Waals surface area (Å²) in [6.45, 7) is 2.88. The summed E-state index contributed by atoms with van der Waals surface area (Å²) in [6.07, 6.45) is 6.65. The van der Waals surface area contributed by atoms with E-state index in [0.29, 0.717) is 12.6 Å². The predicted octanol–water partition coefficient (Wildman–Crippen LogP) is 4.91. The first-order valence-corrected chi connectivity index (χ1v) is 9.67. The van der Waals surface area contributed by atoms with Crippen LogP contribution in [0.1, 0.15) is 30.5 Å². The average Bonchev–Trinajstić information content (AvgIpc) is 3.22. The van der Waals surface area contributed by atoms with Crippen molar-refractivity contribution in [3.63, 3.8) is 0 Å². The minimum atomic E-state index is 0.385. The lowest BCUT2D eigenvalue weighted by Crippen LogP contribution is -2.14. The van der Waals surface area contributed by atoms with E-state index in [9.17, 15) is 0 Å². The van der Waals surface area contributed by atoms with E-state index < -0.39 is 0 Å². The molecule has 5 heteroatoms. The van der Waals surface area contributed by atoms with Crippen molar-refractivity contribution in [2.45, 2.75) is 25.9 Å². The predicted molar refractivity (Wildman–Crippen MR) is 115 cm³/mol. The summed E-state index contributed by atoms with van der Waals surface area (Å²) in [5, 5.41) is 7.91. The second kappa shape index (κ2) is 8.23. The van der Waals surface area contributed by atoms with Gasteiger partial charge in [-0.2, -0.15) is 0 Å². The van der Waals surface area contributed by atoms with Gasteiger partial charge in [-0.05, 0) is 53.9 Å². The van der Waals surface area contributed by atoms with Crippen LogP contribution in [0.25, 0.3) is 22.2 Å². The van der Waals surface area contributed by atoms with Crippen LogP contribution in [0, 0.1) is 0 Å². The third-order valence-corrected chi connectivity index (χ3v) is 5.11. The number of benzene rings is 1. The fourth-order valence-corrected chi connectivity index (χ4v) is 3.56. The third-order valence-electron chi connectivity index (χ3n) is 5.11. The molecule has 4 aromatic rings. The molecule has 28 heavy (non-hydrogen) atoms. The Morgan fingerprint density at radius 1 is 1.11 bits per heavy atom. The lowest BCUT2D eigenvalue weighted by molar-refractivity contribution is 0.577. The third kappa shape index (κ3) is 3.75. The van der Waals surface area contributed by atoms with Crippen LogP contribution < -0.4 is 10.6 Å². The lowest BCUT2D eigenvalue weighted by Gasteiger charge is -2.15. The second-order valence-electron chi connectivity index (χ2n) is 6.88. The summed E-state index contributed by atoms with van der Waals surface area (Å²) in [4.78, 5) is 12.1. The molecule has 0 bridgehead atoms. The Labute approximate surface area is 165 Å². The highest BCUT2D eigenvalue weighted by Gasteiger charge is 2.11. The molecule has 1 atom stereocenters. The van der Waals surface area contributed by atoms with Crippen molar-refractivity contribution in [1.29, 1.82) is 0 Å². The van der Waals surface area contributed by atoms with E-state index in [-0.39, 0.29) is 0 Å². The van der Waals surface area contributed by atoms with Gasteiger partial charge in [-0.3, -0.25) is 4.98 Å². The maximum atomic E-state index is 4.71. The highest BCUT2D eigenvalue weighted by atomic mass is 15.0. The summed E-state index contributed by atoms with van der Waals surface area (Å²) in [6, 6.07) is 17.4. The summed E-state index contributed by atoms with van der Waals surface area (Å²) in [5.74, 6) is 0.847. The molecule has 5 nitrogen and oxygen atoms in total. The van der Waals surface area contributed by atoms with Crippen molar-refractivity contribution in [2.24, 2.45) is 0 Å². The van der Waals surface area contributed by atoms with Gasteiger partial charge < -0.3 is 15.6 Å². The van der Waals surface area contributed by atoms with Crippen LogP contribution in [0.5, 0.6) is 0 Å². The highest BCUT2D eigenvalue weighted by Crippen LogP contribution is 2.31. The van der Waals surface area contributed by atoms with E-state index in [1.165, 1.54) is 16.7 Å². The molecule has 0 aliphatic rings. The number of pyridine rings is 2. The molecule has 3 N–H and O–H groups in total. The van der Waals surface area contributed by atoms with Gasteiger partial charge in [-0.25, -0.2) is 4.98 Å². The number of nitrogens with one attached hydrogen (secondary N) is 3. The maximum absolute atomic E-state index is 4.71. The number of nitrogens with zero attached hydrogens (tertiary/aromatic N) is 2. The molecule has 0 spiro atoms. The van der Waals surface area contributed by atoms with Gasteiger partial charge in [0.05, 0.1) is 0 Å².